The average Bonchev–Trinajstić information content (AvgIpc) is 3.05. The van der Waals surface area contributed by atoms with Crippen molar-refractivity contribution in [2.75, 3.05) is 55.0 Å². The van der Waals surface area contributed by atoms with E-state index in [1.54, 1.807) is 11.3 Å². The Bertz CT molecular complexity index is 849. The fourth-order valence-electron chi connectivity index (χ4n) is 3.00. The quantitative estimate of drug-likeness (QED) is 0.721. The molecule has 0 N–H and O–H groups in total. The van der Waals surface area contributed by atoms with Crippen LogP contribution in [0, 0.1) is 6.92 Å². The summed E-state index contributed by atoms with van der Waals surface area (Å²) in [5.74, 6) is 1.78. The third-order valence-corrected chi connectivity index (χ3v) is 5.50. The summed E-state index contributed by atoms with van der Waals surface area (Å²) in [5, 5.41) is 1.11. The molecule has 7 heteroatoms. The molecule has 0 radical (unpaired) electrons. The van der Waals surface area contributed by atoms with Gasteiger partial charge >= 0.3 is 0 Å². The van der Waals surface area contributed by atoms with E-state index in [1.807, 2.05) is 38.1 Å². The summed E-state index contributed by atoms with van der Waals surface area (Å²) in [7, 11) is 4.02. The van der Waals surface area contributed by atoms with E-state index in [-0.39, 0.29) is 0 Å². The van der Waals surface area contributed by atoms with Gasteiger partial charge in [0.15, 0.2) is 5.13 Å². The van der Waals surface area contributed by atoms with Crippen LogP contribution in [0.4, 0.5) is 16.9 Å². The van der Waals surface area contributed by atoms with Gasteiger partial charge in [0.2, 0.25) is 5.95 Å². The molecule has 2 aromatic heterocycles. The predicted octanol–water partition coefficient (Wildman–Crippen LogP) is 2.79. The number of aromatic nitrogens is 3. The first-order valence-electron chi connectivity index (χ1n) is 8.48. The fraction of sp³-hybridized carbons (Fsp3) is 0.389. The summed E-state index contributed by atoms with van der Waals surface area (Å²) in [6.45, 7) is 5.72. The van der Waals surface area contributed by atoms with Crippen LogP contribution in [0.1, 0.15) is 5.69 Å². The number of hydrogen-bond donors (Lipinski definition) is 0. The van der Waals surface area contributed by atoms with Gasteiger partial charge < -0.3 is 14.7 Å². The van der Waals surface area contributed by atoms with Gasteiger partial charge in [-0.2, -0.15) is 4.98 Å². The molecule has 0 bridgehead atoms. The highest BCUT2D eigenvalue weighted by Crippen LogP contribution is 2.29. The number of benzene rings is 1. The van der Waals surface area contributed by atoms with Crippen LogP contribution in [0.3, 0.4) is 0 Å². The molecule has 0 unspecified atom stereocenters. The highest BCUT2D eigenvalue weighted by Gasteiger charge is 2.22. The summed E-state index contributed by atoms with van der Waals surface area (Å²) in [6.07, 6.45) is 0. The zero-order valence-electron chi connectivity index (χ0n) is 14.8. The maximum atomic E-state index is 4.77. The van der Waals surface area contributed by atoms with E-state index in [4.69, 9.17) is 9.97 Å². The number of thiazole rings is 1. The zero-order chi connectivity index (χ0) is 17.4. The third kappa shape index (κ3) is 3.24. The topological polar surface area (TPSA) is 48.4 Å². The molecule has 4 rings (SSSR count). The van der Waals surface area contributed by atoms with Crippen molar-refractivity contribution in [2.24, 2.45) is 0 Å². The summed E-state index contributed by atoms with van der Waals surface area (Å²) < 4.78 is 1.25. The molecule has 3 aromatic rings. The highest BCUT2D eigenvalue weighted by molar-refractivity contribution is 7.22. The third-order valence-electron chi connectivity index (χ3n) is 4.40. The summed E-state index contributed by atoms with van der Waals surface area (Å²) in [4.78, 5) is 20.8. The fourth-order valence-corrected chi connectivity index (χ4v) is 4.02. The van der Waals surface area contributed by atoms with Crippen molar-refractivity contribution in [1.29, 1.82) is 0 Å². The first kappa shape index (κ1) is 16.1. The monoisotopic (exact) mass is 354 g/mol. The second-order valence-corrected chi connectivity index (χ2v) is 7.51. The van der Waals surface area contributed by atoms with Gasteiger partial charge in [0.25, 0.3) is 0 Å². The van der Waals surface area contributed by atoms with E-state index >= 15 is 0 Å². The molecule has 3 heterocycles. The van der Waals surface area contributed by atoms with E-state index in [2.05, 4.69) is 33.0 Å². The lowest BCUT2D eigenvalue weighted by Gasteiger charge is -2.34. The average molecular weight is 354 g/mol. The number of piperazine rings is 1. The first-order chi connectivity index (χ1) is 12.1. The second kappa shape index (κ2) is 6.48. The molecule has 0 aliphatic carbocycles. The van der Waals surface area contributed by atoms with Crippen molar-refractivity contribution in [2.45, 2.75) is 6.92 Å². The SMILES string of the molecule is Cc1cc(N(C)C)nc(N2CCN(c3nc4ccccc4s3)CC2)n1. The summed E-state index contributed by atoms with van der Waals surface area (Å²) in [5.41, 5.74) is 2.09. The lowest BCUT2D eigenvalue weighted by molar-refractivity contribution is 0.638. The molecule has 1 aliphatic heterocycles. The normalized spacial score (nSPS) is 15.0. The lowest BCUT2D eigenvalue weighted by atomic mass is 10.3. The molecule has 1 saturated heterocycles. The van der Waals surface area contributed by atoms with Crippen LogP contribution in [0.25, 0.3) is 10.2 Å². The molecule has 0 spiro atoms. The van der Waals surface area contributed by atoms with Gasteiger partial charge in [-0.1, -0.05) is 23.5 Å². The lowest BCUT2D eigenvalue weighted by Crippen LogP contribution is -2.47. The Labute approximate surface area is 151 Å². The van der Waals surface area contributed by atoms with Crippen LogP contribution in [0.5, 0.6) is 0 Å². The Balaban J connectivity index is 1.49. The van der Waals surface area contributed by atoms with Crippen molar-refractivity contribution < 1.29 is 0 Å². The molecule has 1 aromatic carbocycles. The largest absolute Gasteiger partial charge is 0.363 e. The minimum Gasteiger partial charge on any atom is -0.363 e. The molecule has 130 valence electrons. The number of nitrogens with zero attached hydrogens (tertiary/aromatic N) is 6. The van der Waals surface area contributed by atoms with Crippen LogP contribution in [-0.4, -0.2) is 55.2 Å². The summed E-state index contributed by atoms with van der Waals surface area (Å²) in [6, 6.07) is 10.3. The van der Waals surface area contributed by atoms with E-state index in [0.29, 0.717) is 0 Å². The molecule has 6 nitrogen and oxygen atoms in total. The zero-order valence-corrected chi connectivity index (χ0v) is 15.6. The predicted molar refractivity (Wildman–Crippen MR) is 105 cm³/mol. The van der Waals surface area contributed by atoms with E-state index in [0.717, 1.165) is 54.3 Å². The molecular weight excluding hydrogens is 332 g/mol. The Hall–Kier alpha value is -2.41. The number of anilines is 3. The van der Waals surface area contributed by atoms with Crippen molar-refractivity contribution in [3.63, 3.8) is 0 Å². The smallest absolute Gasteiger partial charge is 0.227 e. The number of fused-ring (bicyclic) bond motifs is 1. The number of aryl methyl sites for hydroxylation is 1. The molecular formula is C18H22N6S. The highest BCUT2D eigenvalue weighted by atomic mass is 32.1. The Kier molecular flexibility index (Phi) is 4.17. The summed E-state index contributed by atoms with van der Waals surface area (Å²) >= 11 is 1.77. The van der Waals surface area contributed by atoms with Gasteiger partial charge in [-0.3, -0.25) is 0 Å². The van der Waals surface area contributed by atoms with Gasteiger partial charge in [0, 0.05) is 52.0 Å². The standard InChI is InChI=1S/C18H22N6S/c1-13-12-16(22(2)3)21-17(19-13)23-8-10-24(11-9-23)18-20-14-6-4-5-7-15(14)25-18/h4-7,12H,8-11H2,1-3H3. The first-order valence-corrected chi connectivity index (χ1v) is 9.30. The molecule has 0 atom stereocenters. The second-order valence-electron chi connectivity index (χ2n) is 6.50. The van der Waals surface area contributed by atoms with Gasteiger partial charge in [-0.05, 0) is 19.1 Å². The molecule has 25 heavy (non-hydrogen) atoms. The Morgan fingerprint density at radius 3 is 2.40 bits per heavy atom. The van der Waals surface area contributed by atoms with E-state index < -0.39 is 0 Å². The van der Waals surface area contributed by atoms with Crippen molar-refractivity contribution in [3.8, 4) is 0 Å². The van der Waals surface area contributed by atoms with Crippen LogP contribution in [0.2, 0.25) is 0 Å². The van der Waals surface area contributed by atoms with Gasteiger partial charge in [0.05, 0.1) is 10.2 Å². The molecule has 0 saturated carbocycles. The number of para-hydroxylation sites is 1. The van der Waals surface area contributed by atoms with E-state index in [1.165, 1.54) is 4.70 Å². The Morgan fingerprint density at radius 1 is 0.960 bits per heavy atom. The molecule has 0 amide bonds. The van der Waals surface area contributed by atoms with Crippen LogP contribution >= 0.6 is 11.3 Å². The number of rotatable bonds is 3. The van der Waals surface area contributed by atoms with E-state index in [9.17, 15) is 0 Å². The van der Waals surface area contributed by atoms with Crippen LogP contribution in [-0.2, 0) is 0 Å². The van der Waals surface area contributed by atoms with Crippen molar-refractivity contribution in [1.82, 2.24) is 15.0 Å². The Morgan fingerprint density at radius 2 is 1.68 bits per heavy atom. The van der Waals surface area contributed by atoms with Crippen molar-refractivity contribution >= 4 is 38.5 Å². The molecule has 1 fully saturated rings. The molecule has 1 aliphatic rings. The van der Waals surface area contributed by atoms with Gasteiger partial charge in [-0.15, -0.1) is 0 Å². The maximum absolute atomic E-state index is 4.77. The maximum Gasteiger partial charge on any atom is 0.227 e. The van der Waals surface area contributed by atoms with Crippen LogP contribution < -0.4 is 14.7 Å². The van der Waals surface area contributed by atoms with Gasteiger partial charge in [-0.25, -0.2) is 9.97 Å². The van der Waals surface area contributed by atoms with Crippen molar-refractivity contribution in [3.05, 3.63) is 36.0 Å². The van der Waals surface area contributed by atoms with Crippen LogP contribution in [0.15, 0.2) is 30.3 Å². The minimum atomic E-state index is 0.827. The number of hydrogen-bond acceptors (Lipinski definition) is 7. The minimum absolute atomic E-state index is 0.827. The van der Waals surface area contributed by atoms with Gasteiger partial charge in [0.1, 0.15) is 5.82 Å².